The lowest BCUT2D eigenvalue weighted by Crippen LogP contribution is -2.55. The van der Waals surface area contributed by atoms with E-state index < -0.39 is 5.54 Å². The summed E-state index contributed by atoms with van der Waals surface area (Å²) in [4.78, 5) is 26.8. The van der Waals surface area contributed by atoms with Crippen molar-refractivity contribution in [1.29, 1.82) is 0 Å². The van der Waals surface area contributed by atoms with Crippen LogP contribution in [0.2, 0.25) is 0 Å². The summed E-state index contributed by atoms with van der Waals surface area (Å²) in [5.41, 5.74) is -0.555. The predicted octanol–water partition coefficient (Wildman–Crippen LogP) is 2.62. The summed E-state index contributed by atoms with van der Waals surface area (Å²) >= 11 is 0. The molecule has 3 aliphatic rings. The van der Waals surface area contributed by atoms with Crippen LogP contribution in [-0.2, 0) is 9.59 Å². The Balaban J connectivity index is 1.63. The lowest BCUT2D eigenvalue weighted by Gasteiger charge is -2.33. The van der Waals surface area contributed by atoms with E-state index in [1.807, 2.05) is 4.90 Å². The smallest absolute Gasteiger partial charge is 0.248 e. The summed E-state index contributed by atoms with van der Waals surface area (Å²) in [7, 11) is 0. The normalized spacial score (nSPS) is 27.0. The SMILES string of the molecule is O=C1CCN(CCC2CCCCC2)C(=O)C2(CCCC2)N1. The van der Waals surface area contributed by atoms with Gasteiger partial charge in [-0.2, -0.15) is 0 Å². The van der Waals surface area contributed by atoms with Crippen molar-refractivity contribution >= 4 is 11.8 Å². The molecule has 0 unspecified atom stereocenters. The second-order valence-electron chi connectivity index (χ2n) is 7.17. The first kappa shape index (κ1) is 14.9. The highest BCUT2D eigenvalue weighted by Gasteiger charge is 2.46. The highest BCUT2D eigenvalue weighted by Crippen LogP contribution is 2.33. The van der Waals surface area contributed by atoms with E-state index >= 15 is 0 Å². The molecule has 21 heavy (non-hydrogen) atoms. The number of carbonyl (C=O) groups is 2. The van der Waals surface area contributed by atoms with Crippen LogP contribution in [0.15, 0.2) is 0 Å². The molecule has 1 aliphatic heterocycles. The number of rotatable bonds is 3. The minimum Gasteiger partial charge on any atom is -0.342 e. The van der Waals surface area contributed by atoms with E-state index in [2.05, 4.69) is 5.32 Å². The van der Waals surface area contributed by atoms with Gasteiger partial charge in [-0.1, -0.05) is 44.9 Å². The number of nitrogens with zero attached hydrogens (tertiary/aromatic N) is 1. The Bertz CT molecular complexity index is 396. The van der Waals surface area contributed by atoms with Crippen molar-refractivity contribution in [2.45, 2.75) is 76.2 Å². The molecule has 0 radical (unpaired) electrons. The van der Waals surface area contributed by atoms with Gasteiger partial charge in [0.15, 0.2) is 0 Å². The Labute approximate surface area is 127 Å². The van der Waals surface area contributed by atoms with Gasteiger partial charge in [0.2, 0.25) is 11.8 Å². The Hall–Kier alpha value is -1.06. The summed E-state index contributed by atoms with van der Waals surface area (Å²) < 4.78 is 0. The van der Waals surface area contributed by atoms with E-state index in [-0.39, 0.29) is 11.8 Å². The van der Waals surface area contributed by atoms with Crippen molar-refractivity contribution in [2.24, 2.45) is 5.92 Å². The monoisotopic (exact) mass is 292 g/mol. The second kappa shape index (κ2) is 6.37. The van der Waals surface area contributed by atoms with Crippen LogP contribution in [-0.4, -0.2) is 35.3 Å². The Morgan fingerprint density at radius 3 is 2.48 bits per heavy atom. The summed E-state index contributed by atoms with van der Waals surface area (Å²) in [6, 6.07) is 0. The molecular formula is C17H28N2O2. The molecule has 0 atom stereocenters. The first-order chi connectivity index (χ1) is 10.2. The Morgan fingerprint density at radius 1 is 1.05 bits per heavy atom. The minimum absolute atomic E-state index is 0.0606. The number of nitrogens with one attached hydrogen (secondary N) is 1. The average molecular weight is 292 g/mol. The van der Waals surface area contributed by atoms with Gasteiger partial charge in [-0.3, -0.25) is 9.59 Å². The molecule has 118 valence electrons. The molecule has 1 spiro atoms. The maximum absolute atomic E-state index is 12.9. The third kappa shape index (κ3) is 3.24. The van der Waals surface area contributed by atoms with Gasteiger partial charge >= 0.3 is 0 Å². The molecule has 1 heterocycles. The lowest BCUT2D eigenvalue weighted by molar-refractivity contribution is -0.138. The van der Waals surface area contributed by atoms with Gasteiger partial charge in [0.05, 0.1) is 0 Å². The molecule has 0 aromatic rings. The molecule has 4 nitrogen and oxygen atoms in total. The zero-order valence-corrected chi connectivity index (χ0v) is 13.0. The standard InChI is InChI=1S/C17H28N2O2/c20-15-9-13-19(12-8-14-6-2-1-3-7-14)16(21)17(18-15)10-4-5-11-17/h14H,1-13H2,(H,18,20). The average Bonchev–Trinajstić information content (AvgIpc) is 2.93. The predicted molar refractivity (Wildman–Crippen MR) is 81.7 cm³/mol. The molecule has 0 bridgehead atoms. The van der Waals surface area contributed by atoms with Gasteiger partial charge in [0.25, 0.3) is 0 Å². The first-order valence-corrected chi connectivity index (χ1v) is 8.80. The van der Waals surface area contributed by atoms with Crippen molar-refractivity contribution in [2.75, 3.05) is 13.1 Å². The van der Waals surface area contributed by atoms with E-state index in [1.54, 1.807) is 0 Å². The van der Waals surface area contributed by atoms with Gasteiger partial charge < -0.3 is 10.2 Å². The van der Waals surface area contributed by atoms with E-state index in [4.69, 9.17) is 0 Å². The zero-order valence-electron chi connectivity index (χ0n) is 13.0. The molecular weight excluding hydrogens is 264 g/mol. The van der Waals surface area contributed by atoms with Gasteiger partial charge in [-0.05, 0) is 25.2 Å². The summed E-state index contributed by atoms with van der Waals surface area (Å²) in [5.74, 6) is 1.05. The van der Waals surface area contributed by atoms with Gasteiger partial charge in [-0.15, -0.1) is 0 Å². The van der Waals surface area contributed by atoms with E-state index in [1.165, 1.54) is 32.1 Å². The first-order valence-electron chi connectivity index (χ1n) is 8.80. The zero-order chi connectivity index (χ0) is 14.7. The molecule has 2 aliphatic carbocycles. The maximum Gasteiger partial charge on any atom is 0.248 e. The van der Waals surface area contributed by atoms with Crippen LogP contribution >= 0.6 is 0 Å². The van der Waals surface area contributed by atoms with E-state index in [0.29, 0.717) is 13.0 Å². The Kier molecular flexibility index (Phi) is 4.51. The lowest BCUT2D eigenvalue weighted by atomic mass is 9.86. The highest BCUT2D eigenvalue weighted by molar-refractivity contribution is 5.93. The number of hydrogen-bond acceptors (Lipinski definition) is 2. The molecule has 2 saturated carbocycles. The van der Waals surface area contributed by atoms with Gasteiger partial charge in [0.1, 0.15) is 5.54 Å². The van der Waals surface area contributed by atoms with Crippen molar-refractivity contribution in [1.82, 2.24) is 10.2 Å². The molecule has 0 aromatic carbocycles. The van der Waals surface area contributed by atoms with Crippen LogP contribution in [0.25, 0.3) is 0 Å². The van der Waals surface area contributed by atoms with Crippen molar-refractivity contribution in [3.63, 3.8) is 0 Å². The van der Waals surface area contributed by atoms with Crippen LogP contribution in [0.4, 0.5) is 0 Å². The number of hydrogen-bond donors (Lipinski definition) is 1. The van der Waals surface area contributed by atoms with Crippen LogP contribution < -0.4 is 5.32 Å². The summed E-state index contributed by atoms with van der Waals surface area (Å²) in [6.45, 7) is 1.46. The van der Waals surface area contributed by atoms with Crippen LogP contribution in [0.3, 0.4) is 0 Å². The summed E-state index contributed by atoms with van der Waals surface area (Å²) in [5, 5.41) is 3.04. The van der Waals surface area contributed by atoms with Crippen molar-refractivity contribution in [3.8, 4) is 0 Å². The van der Waals surface area contributed by atoms with Crippen LogP contribution in [0, 0.1) is 5.92 Å². The van der Waals surface area contributed by atoms with E-state index in [0.717, 1.165) is 44.6 Å². The molecule has 1 saturated heterocycles. The quantitative estimate of drug-likeness (QED) is 0.869. The molecule has 2 amide bonds. The fourth-order valence-electron chi connectivity index (χ4n) is 4.37. The molecule has 3 fully saturated rings. The third-order valence-electron chi connectivity index (χ3n) is 5.67. The van der Waals surface area contributed by atoms with E-state index in [9.17, 15) is 9.59 Å². The molecule has 3 rings (SSSR count). The van der Waals surface area contributed by atoms with Gasteiger partial charge in [0, 0.05) is 19.5 Å². The minimum atomic E-state index is -0.555. The number of amides is 2. The van der Waals surface area contributed by atoms with Crippen LogP contribution in [0.1, 0.15) is 70.6 Å². The van der Waals surface area contributed by atoms with Gasteiger partial charge in [-0.25, -0.2) is 0 Å². The largest absolute Gasteiger partial charge is 0.342 e. The highest BCUT2D eigenvalue weighted by atomic mass is 16.2. The molecule has 0 aromatic heterocycles. The summed E-state index contributed by atoms with van der Waals surface area (Å²) in [6.07, 6.45) is 12.1. The third-order valence-corrected chi connectivity index (χ3v) is 5.67. The second-order valence-corrected chi connectivity index (χ2v) is 7.17. The molecule has 4 heteroatoms. The fourth-order valence-corrected chi connectivity index (χ4v) is 4.37. The molecule has 1 N–H and O–H groups in total. The topological polar surface area (TPSA) is 49.4 Å². The Morgan fingerprint density at radius 2 is 1.76 bits per heavy atom. The fraction of sp³-hybridized carbons (Fsp3) is 0.882. The van der Waals surface area contributed by atoms with Crippen LogP contribution in [0.5, 0.6) is 0 Å². The van der Waals surface area contributed by atoms with Crippen molar-refractivity contribution in [3.05, 3.63) is 0 Å². The maximum atomic E-state index is 12.9. The number of carbonyl (C=O) groups excluding carboxylic acids is 2. The van der Waals surface area contributed by atoms with Crippen molar-refractivity contribution < 1.29 is 9.59 Å².